The second-order valence-corrected chi connectivity index (χ2v) is 5.63. The summed E-state index contributed by atoms with van der Waals surface area (Å²) in [7, 11) is 0. The lowest BCUT2D eigenvalue weighted by Crippen LogP contribution is -2.48. The fourth-order valence-electron chi connectivity index (χ4n) is 2.61. The average molecular weight is 266 g/mol. The molecule has 1 aromatic rings. The fraction of sp³-hybridized carbons (Fsp3) is 0.833. The maximum atomic E-state index is 12.5. The molecular formula is C12H22N6O. The van der Waals surface area contributed by atoms with Crippen LogP contribution in [0.4, 0.5) is 0 Å². The summed E-state index contributed by atoms with van der Waals surface area (Å²) in [4.78, 5) is 12.5. The summed E-state index contributed by atoms with van der Waals surface area (Å²) in [5.41, 5.74) is 5.44. The number of H-pyrrole nitrogens is 1. The van der Waals surface area contributed by atoms with Gasteiger partial charge >= 0.3 is 0 Å². The quantitative estimate of drug-likeness (QED) is 0.736. The summed E-state index contributed by atoms with van der Waals surface area (Å²) in [6, 6.07) is -0.256. The molecule has 0 aromatic carbocycles. The first-order chi connectivity index (χ1) is 9.07. The molecule has 7 nitrogen and oxygen atoms in total. The number of nitrogens with one attached hydrogen (secondary N) is 2. The van der Waals surface area contributed by atoms with E-state index in [1.807, 2.05) is 6.92 Å². The van der Waals surface area contributed by atoms with Gasteiger partial charge in [-0.25, -0.2) is 0 Å². The van der Waals surface area contributed by atoms with Crippen molar-refractivity contribution in [1.82, 2.24) is 25.9 Å². The van der Waals surface area contributed by atoms with Gasteiger partial charge in [-0.2, -0.15) is 5.21 Å². The highest BCUT2D eigenvalue weighted by Gasteiger charge is 2.40. The number of nitrogens with two attached hydrogens (primary N) is 1. The van der Waals surface area contributed by atoms with Crippen LogP contribution in [0.25, 0.3) is 0 Å². The van der Waals surface area contributed by atoms with E-state index in [1.165, 1.54) is 0 Å². The third-order valence-corrected chi connectivity index (χ3v) is 4.20. The summed E-state index contributed by atoms with van der Waals surface area (Å²) in [5, 5.41) is 16.6. The van der Waals surface area contributed by atoms with Crippen molar-refractivity contribution >= 4 is 5.91 Å². The molecule has 0 aliphatic heterocycles. The van der Waals surface area contributed by atoms with E-state index in [9.17, 15) is 4.79 Å². The van der Waals surface area contributed by atoms with Crippen LogP contribution in [-0.2, 0) is 4.79 Å². The van der Waals surface area contributed by atoms with Crippen molar-refractivity contribution in [2.24, 2.45) is 17.1 Å². The smallest absolute Gasteiger partial charge is 0.228 e. The number of aromatic nitrogens is 4. The van der Waals surface area contributed by atoms with Gasteiger partial charge in [0.15, 0.2) is 5.82 Å². The molecular weight excluding hydrogens is 244 g/mol. The van der Waals surface area contributed by atoms with Crippen LogP contribution < -0.4 is 11.1 Å². The van der Waals surface area contributed by atoms with E-state index in [0.29, 0.717) is 18.3 Å². The van der Waals surface area contributed by atoms with Crippen LogP contribution in [0.5, 0.6) is 0 Å². The van der Waals surface area contributed by atoms with Crippen molar-refractivity contribution in [3.8, 4) is 0 Å². The standard InChI is InChI=1S/C12H22N6O/c1-8-3-5-12(7-13,6-4-8)11(19)14-9(2)10-15-17-18-16-10/h8-9H,3-7,13H2,1-2H3,(H,14,19)(H,15,16,17,18). The van der Waals surface area contributed by atoms with E-state index in [0.717, 1.165) is 25.7 Å². The Labute approximate surface area is 112 Å². The number of rotatable bonds is 4. The molecule has 0 radical (unpaired) electrons. The van der Waals surface area contributed by atoms with E-state index < -0.39 is 5.41 Å². The number of hydrogen-bond donors (Lipinski definition) is 3. The molecule has 7 heteroatoms. The van der Waals surface area contributed by atoms with E-state index >= 15 is 0 Å². The Bertz CT molecular complexity index is 410. The average Bonchev–Trinajstić information content (AvgIpc) is 2.94. The zero-order valence-electron chi connectivity index (χ0n) is 11.5. The third kappa shape index (κ3) is 2.91. The molecule has 0 bridgehead atoms. The van der Waals surface area contributed by atoms with Crippen LogP contribution in [0, 0.1) is 11.3 Å². The molecule has 1 fully saturated rings. The van der Waals surface area contributed by atoms with Crippen molar-refractivity contribution in [3.63, 3.8) is 0 Å². The van der Waals surface area contributed by atoms with Crippen molar-refractivity contribution in [2.75, 3.05) is 6.54 Å². The number of hydrogen-bond acceptors (Lipinski definition) is 5. The zero-order chi connectivity index (χ0) is 13.9. The minimum absolute atomic E-state index is 0.0131. The first kappa shape index (κ1) is 13.9. The van der Waals surface area contributed by atoms with E-state index in [4.69, 9.17) is 5.73 Å². The second kappa shape index (κ2) is 5.64. The van der Waals surface area contributed by atoms with Gasteiger partial charge in [0, 0.05) is 6.54 Å². The zero-order valence-corrected chi connectivity index (χ0v) is 11.5. The van der Waals surface area contributed by atoms with Gasteiger partial charge in [0.25, 0.3) is 0 Å². The summed E-state index contributed by atoms with van der Waals surface area (Å²) in [5.74, 6) is 1.19. The number of carbonyl (C=O) groups excluding carboxylic acids is 1. The molecule has 1 amide bonds. The van der Waals surface area contributed by atoms with Gasteiger partial charge in [-0.05, 0) is 38.5 Å². The molecule has 1 atom stereocenters. The third-order valence-electron chi connectivity index (χ3n) is 4.20. The van der Waals surface area contributed by atoms with Gasteiger partial charge in [0.2, 0.25) is 5.91 Å². The molecule has 2 rings (SSSR count). The lowest BCUT2D eigenvalue weighted by molar-refractivity contribution is -0.133. The van der Waals surface area contributed by atoms with E-state index in [1.54, 1.807) is 0 Å². The molecule has 1 heterocycles. The maximum Gasteiger partial charge on any atom is 0.228 e. The van der Waals surface area contributed by atoms with Crippen molar-refractivity contribution in [2.45, 2.75) is 45.6 Å². The predicted molar refractivity (Wildman–Crippen MR) is 69.9 cm³/mol. The Hall–Kier alpha value is -1.50. The molecule has 106 valence electrons. The summed E-state index contributed by atoms with van der Waals surface area (Å²) in [6.45, 7) is 4.46. The SMILES string of the molecule is CC1CCC(CN)(C(=O)NC(C)c2nn[nH]n2)CC1. The summed E-state index contributed by atoms with van der Waals surface area (Å²) in [6.07, 6.45) is 3.83. The van der Waals surface area contributed by atoms with Gasteiger partial charge in [0.05, 0.1) is 11.5 Å². The summed E-state index contributed by atoms with van der Waals surface area (Å²) >= 11 is 0. The second-order valence-electron chi connectivity index (χ2n) is 5.63. The number of aromatic amines is 1. The monoisotopic (exact) mass is 266 g/mol. The molecule has 0 spiro atoms. The lowest BCUT2D eigenvalue weighted by atomic mass is 9.70. The van der Waals surface area contributed by atoms with Crippen LogP contribution >= 0.6 is 0 Å². The molecule has 1 aromatic heterocycles. The topological polar surface area (TPSA) is 110 Å². The lowest BCUT2D eigenvalue weighted by Gasteiger charge is -2.37. The Morgan fingerprint density at radius 3 is 2.79 bits per heavy atom. The fourth-order valence-corrected chi connectivity index (χ4v) is 2.61. The summed E-state index contributed by atoms with van der Waals surface area (Å²) < 4.78 is 0. The molecule has 19 heavy (non-hydrogen) atoms. The van der Waals surface area contributed by atoms with Gasteiger partial charge in [-0.1, -0.05) is 12.1 Å². The van der Waals surface area contributed by atoms with Crippen molar-refractivity contribution in [1.29, 1.82) is 0 Å². The minimum atomic E-state index is -0.426. The highest BCUT2D eigenvalue weighted by Crippen LogP contribution is 2.38. The highest BCUT2D eigenvalue weighted by atomic mass is 16.2. The normalized spacial score (nSPS) is 28.9. The van der Waals surface area contributed by atoms with E-state index in [2.05, 4.69) is 32.9 Å². The number of carbonyl (C=O) groups is 1. The molecule has 1 saturated carbocycles. The van der Waals surface area contributed by atoms with Crippen LogP contribution in [0.3, 0.4) is 0 Å². The Morgan fingerprint density at radius 1 is 1.58 bits per heavy atom. The number of tetrazole rings is 1. The molecule has 1 aliphatic carbocycles. The largest absolute Gasteiger partial charge is 0.346 e. The highest BCUT2D eigenvalue weighted by molar-refractivity contribution is 5.83. The van der Waals surface area contributed by atoms with Crippen LogP contribution in [-0.4, -0.2) is 33.1 Å². The van der Waals surface area contributed by atoms with Gasteiger partial charge in [-0.15, -0.1) is 10.2 Å². The molecule has 0 saturated heterocycles. The van der Waals surface area contributed by atoms with Crippen LogP contribution in [0.2, 0.25) is 0 Å². The minimum Gasteiger partial charge on any atom is -0.346 e. The Morgan fingerprint density at radius 2 is 2.26 bits per heavy atom. The van der Waals surface area contributed by atoms with Gasteiger partial charge in [0.1, 0.15) is 0 Å². The number of amides is 1. The van der Waals surface area contributed by atoms with Gasteiger partial charge < -0.3 is 11.1 Å². The Kier molecular flexibility index (Phi) is 4.14. The van der Waals surface area contributed by atoms with Crippen molar-refractivity contribution < 1.29 is 4.79 Å². The predicted octanol–water partition coefficient (Wildman–Crippen LogP) is 0.532. The number of nitrogens with zero attached hydrogens (tertiary/aromatic N) is 3. The van der Waals surface area contributed by atoms with Crippen LogP contribution in [0.1, 0.15) is 51.4 Å². The maximum absolute atomic E-state index is 12.5. The first-order valence-corrected chi connectivity index (χ1v) is 6.82. The molecule has 1 unspecified atom stereocenters. The van der Waals surface area contributed by atoms with Gasteiger partial charge in [-0.3, -0.25) is 4.79 Å². The molecule has 1 aliphatic rings. The Balaban J connectivity index is 2.01. The first-order valence-electron chi connectivity index (χ1n) is 6.82. The van der Waals surface area contributed by atoms with Crippen molar-refractivity contribution in [3.05, 3.63) is 5.82 Å². The van der Waals surface area contributed by atoms with E-state index in [-0.39, 0.29) is 11.9 Å². The molecule has 4 N–H and O–H groups in total. The van der Waals surface area contributed by atoms with Crippen LogP contribution in [0.15, 0.2) is 0 Å².